The lowest BCUT2D eigenvalue weighted by molar-refractivity contribution is -0.117. The van der Waals surface area contributed by atoms with Gasteiger partial charge in [-0.1, -0.05) is 23.9 Å². The minimum atomic E-state index is 0.0334. The second kappa shape index (κ2) is 11.9. The van der Waals surface area contributed by atoms with Crippen LogP contribution in [0.5, 0.6) is 0 Å². The van der Waals surface area contributed by atoms with Crippen molar-refractivity contribution in [3.05, 3.63) is 36.0 Å². The number of para-hydroxylation sites is 1. The largest absolute Gasteiger partial charge is 0.322 e. The van der Waals surface area contributed by atoms with E-state index in [1.165, 1.54) is 4.70 Å². The van der Waals surface area contributed by atoms with Crippen LogP contribution in [0.15, 0.2) is 44.6 Å². The predicted molar refractivity (Wildman–Crippen MR) is 144 cm³/mol. The number of benzene rings is 1. The van der Waals surface area contributed by atoms with Crippen molar-refractivity contribution in [3.63, 3.8) is 0 Å². The van der Waals surface area contributed by atoms with Gasteiger partial charge in [0.25, 0.3) is 0 Å². The first-order valence-corrected chi connectivity index (χ1v) is 15.1. The van der Waals surface area contributed by atoms with Crippen molar-refractivity contribution in [1.29, 1.82) is 0 Å². The number of thioether (sulfide) groups is 3. The number of pyridine rings is 1. The molecule has 10 heteroatoms. The van der Waals surface area contributed by atoms with Crippen LogP contribution < -0.4 is 5.32 Å². The van der Waals surface area contributed by atoms with Crippen LogP contribution in [0.4, 0.5) is 5.69 Å². The van der Waals surface area contributed by atoms with Crippen LogP contribution in [-0.2, 0) is 4.79 Å². The summed E-state index contributed by atoms with van der Waals surface area (Å²) in [5.74, 6) is 1.07. The van der Waals surface area contributed by atoms with Gasteiger partial charge in [-0.15, -0.1) is 34.9 Å². The third-order valence-corrected chi connectivity index (χ3v) is 9.10. The number of aromatic nitrogens is 2. The summed E-state index contributed by atoms with van der Waals surface area (Å²) in [7, 11) is 0. The Bertz CT molecular complexity index is 1040. The van der Waals surface area contributed by atoms with Gasteiger partial charge in [-0.3, -0.25) is 14.6 Å². The number of hydrogen-bond acceptors (Lipinski definition) is 9. The Balaban J connectivity index is 1.21. The number of anilines is 1. The Morgan fingerprint density at radius 2 is 1.85 bits per heavy atom. The topological polar surface area (TPSA) is 61.4 Å². The maximum absolute atomic E-state index is 12.8. The highest BCUT2D eigenvalue weighted by atomic mass is 32.2. The molecule has 3 heterocycles. The summed E-state index contributed by atoms with van der Waals surface area (Å²) in [6.07, 6.45) is 4.03. The van der Waals surface area contributed by atoms with Crippen molar-refractivity contribution in [2.75, 3.05) is 62.8 Å². The zero-order chi connectivity index (χ0) is 23.2. The number of amides is 1. The Hall–Kier alpha value is -1.30. The molecule has 1 N–H and O–H groups in total. The molecule has 0 radical (unpaired) electrons. The summed E-state index contributed by atoms with van der Waals surface area (Å²) in [5, 5.41) is 4.00. The van der Waals surface area contributed by atoms with Crippen LogP contribution in [0.25, 0.3) is 10.2 Å². The summed E-state index contributed by atoms with van der Waals surface area (Å²) in [6, 6.07) is 10.3. The van der Waals surface area contributed by atoms with Crippen LogP contribution in [0, 0.1) is 6.92 Å². The van der Waals surface area contributed by atoms with Gasteiger partial charge in [0.15, 0.2) is 4.34 Å². The van der Waals surface area contributed by atoms with Gasteiger partial charge in [0.05, 0.1) is 22.4 Å². The van der Waals surface area contributed by atoms with Crippen molar-refractivity contribution >= 4 is 68.4 Å². The van der Waals surface area contributed by atoms with Gasteiger partial charge in [0, 0.05) is 49.1 Å². The standard InChI is InChI=1S/C23H29N5OS4/c1-16-14-19(30-2)21(22(24-16)31-3)26-20(29)15-28-10-8-27(9-11-28)12-13-32-23-25-17-6-4-5-7-18(17)33-23/h4-7,14H,8-13,15H2,1-3H3,(H,26,29). The van der Waals surface area contributed by atoms with Crippen LogP contribution in [0.1, 0.15) is 5.69 Å². The number of fused-ring (bicyclic) bond motifs is 1. The fourth-order valence-electron chi connectivity index (χ4n) is 3.77. The lowest BCUT2D eigenvalue weighted by Gasteiger charge is -2.34. The van der Waals surface area contributed by atoms with Crippen molar-refractivity contribution in [3.8, 4) is 0 Å². The number of carbonyl (C=O) groups excluding carboxylic acids is 1. The van der Waals surface area contributed by atoms with Gasteiger partial charge in [-0.2, -0.15) is 0 Å². The van der Waals surface area contributed by atoms with Crippen molar-refractivity contribution < 1.29 is 4.79 Å². The maximum atomic E-state index is 12.8. The molecule has 0 unspecified atom stereocenters. The van der Waals surface area contributed by atoms with Gasteiger partial charge in [0.1, 0.15) is 5.03 Å². The highest BCUT2D eigenvalue weighted by Crippen LogP contribution is 2.33. The number of carbonyl (C=O) groups is 1. The summed E-state index contributed by atoms with van der Waals surface area (Å²) in [5.41, 5.74) is 2.91. The monoisotopic (exact) mass is 519 g/mol. The molecule has 0 spiro atoms. The van der Waals surface area contributed by atoms with E-state index in [0.717, 1.165) is 69.6 Å². The Kier molecular flexibility index (Phi) is 8.95. The molecule has 1 aliphatic heterocycles. The summed E-state index contributed by atoms with van der Waals surface area (Å²) < 4.78 is 2.40. The second-order valence-electron chi connectivity index (χ2n) is 7.81. The van der Waals surface area contributed by atoms with Crippen molar-refractivity contribution in [1.82, 2.24) is 19.8 Å². The lowest BCUT2D eigenvalue weighted by atomic mass is 10.3. The average Bonchev–Trinajstić information content (AvgIpc) is 3.23. The number of aryl methyl sites for hydroxylation is 1. The van der Waals surface area contributed by atoms with Gasteiger partial charge in [-0.05, 0) is 37.6 Å². The number of piperazine rings is 1. The third kappa shape index (κ3) is 6.64. The summed E-state index contributed by atoms with van der Waals surface area (Å²) >= 11 is 6.82. The SMILES string of the molecule is CSc1cc(C)nc(SC)c1NC(=O)CN1CCN(CCSc2nc3ccccc3s2)CC1. The number of rotatable bonds is 9. The van der Waals surface area contributed by atoms with E-state index in [0.29, 0.717) is 6.54 Å². The number of nitrogens with one attached hydrogen (secondary N) is 1. The first-order chi connectivity index (χ1) is 16.1. The molecule has 1 fully saturated rings. The second-order valence-corrected chi connectivity index (χ2v) is 11.8. The average molecular weight is 520 g/mol. The third-order valence-electron chi connectivity index (χ3n) is 5.50. The van der Waals surface area contributed by atoms with Crippen LogP contribution in [0.2, 0.25) is 0 Å². The maximum Gasteiger partial charge on any atom is 0.238 e. The molecule has 6 nitrogen and oxygen atoms in total. The smallest absolute Gasteiger partial charge is 0.238 e. The predicted octanol–water partition coefficient (Wildman–Crippen LogP) is 4.79. The fraction of sp³-hybridized carbons (Fsp3) is 0.435. The molecular weight excluding hydrogens is 491 g/mol. The molecule has 1 aromatic carbocycles. The van der Waals surface area contributed by atoms with E-state index in [1.807, 2.05) is 43.3 Å². The summed E-state index contributed by atoms with van der Waals surface area (Å²) in [6.45, 7) is 7.26. The Morgan fingerprint density at radius 3 is 2.58 bits per heavy atom. The Labute approximate surface area is 212 Å². The molecular formula is C23H29N5OS4. The van der Waals surface area contributed by atoms with Gasteiger partial charge < -0.3 is 5.32 Å². The zero-order valence-corrected chi connectivity index (χ0v) is 22.4. The molecule has 0 aliphatic carbocycles. The minimum absolute atomic E-state index is 0.0334. The van der Waals surface area contributed by atoms with E-state index in [1.54, 1.807) is 34.9 Å². The van der Waals surface area contributed by atoms with E-state index in [-0.39, 0.29) is 5.91 Å². The van der Waals surface area contributed by atoms with Crippen molar-refractivity contribution in [2.24, 2.45) is 0 Å². The molecule has 0 bridgehead atoms. The minimum Gasteiger partial charge on any atom is -0.322 e. The van der Waals surface area contributed by atoms with Crippen molar-refractivity contribution in [2.45, 2.75) is 21.2 Å². The van der Waals surface area contributed by atoms with E-state index in [4.69, 9.17) is 4.98 Å². The number of hydrogen-bond donors (Lipinski definition) is 1. The van der Waals surface area contributed by atoms with Gasteiger partial charge in [0.2, 0.25) is 5.91 Å². The normalized spacial score (nSPS) is 15.2. The molecule has 0 saturated carbocycles. The van der Waals surface area contributed by atoms with Crippen LogP contribution >= 0.6 is 46.6 Å². The number of nitrogens with zero attached hydrogens (tertiary/aromatic N) is 4. The first-order valence-electron chi connectivity index (χ1n) is 10.9. The van der Waals surface area contributed by atoms with E-state index in [2.05, 4.69) is 38.3 Å². The van der Waals surface area contributed by atoms with Gasteiger partial charge >= 0.3 is 0 Å². The fourth-order valence-corrected chi connectivity index (χ4v) is 7.21. The molecule has 4 rings (SSSR count). The first kappa shape index (κ1) is 24.8. The highest BCUT2D eigenvalue weighted by molar-refractivity contribution is 8.01. The van der Waals surface area contributed by atoms with Crippen LogP contribution in [0.3, 0.4) is 0 Å². The molecule has 1 saturated heterocycles. The van der Waals surface area contributed by atoms with Crippen LogP contribution in [-0.4, -0.2) is 83.2 Å². The van der Waals surface area contributed by atoms with E-state index in [9.17, 15) is 4.79 Å². The molecule has 3 aromatic rings. The van der Waals surface area contributed by atoms with Gasteiger partial charge in [-0.25, -0.2) is 9.97 Å². The lowest BCUT2D eigenvalue weighted by Crippen LogP contribution is -2.49. The number of thiazole rings is 1. The molecule has 0 atom stereocenters. The molecule has 2 aromatic heterocycles. The molecule has 1 aliphatic rings. The van der Waals surface area contributed by atoms with E-state index >= 15 is 0 Å². The molecule has 33 heavy (non-hydrogen) atoms. The molecule has 1 amide bonds. The van der Waals surface area contributed by atoms with E-state index < -0.39 is 0 Å². The Morgan fingerprint density at radius 1 is 1.09 bits per heavy atom. The molecule has 176 valence electrons. The highest BCUT2D eigenvalue weighted by Gasteiger charge is 2.20. The quantitative estimate of drug-likeness (QED) is 0.405. The summed E-state index contributed by atoms with van der Waals surface area (Å²) in [4.78, 5) is 27.8. The zero-order valence-electron chi connectivity index (χ0n) is 19.2.